The Hall–Kier alpha value is -3.88. The Bertz CT molecular complexity index is 2200. The third kappa shape index (κ3) is 37.4. The Morgan fingerprint density at radius 2 is 0.464 bits per heavy atom. The molecule has 0 aromatic rings. The summed E-state index contributed by atoms with van der Waals surface area (Å²) in [5.41, 5.74) is -4.11. The highest BCUT2D eigenvalue weighted by molar-refractivity contribution is 5.75. The monoisotopic (exact) mass is 1620 g/mol. The SMILES string of the molecule is CCCCCCCCCCCCCCCCCNC(=O)OCC(CO[C@@H]1O[C@H](CO)[C@H](O)[C@H](O)[C@H]1O)(CO[C@@H]1O[C@H](CO)[C@H](O)[C@H](O)[C@H]1O)NC(=O)NCCCCCCNC(=O)NC(COC(=O)NCCCCCCCCCCCCCCCCC)(CO[C@@H]1O[C@H](CO)[C@H](O)[C@H](O)[C@H]1O)CO[C@@H]1O[C@H](CO)[C@H](O)[C@H](O)[C@H]1O. The molecule has 112 heavy (non-hydrogen) atoms. The van der Waals surface area contributed by atoms with Gasteiger partial charge in [0.2, 0.25) is 0 Å². The molecule has 4 fully saturated rings. The first-order valence-corrected chi connectivity index (χ1v) is 41.6. The highest BCUT2D eigenvalue weighted by Gasteiger charge is 2.51. The number of nitrogens with one attached hydrogen (secondary N) is 6. The summed E-state index contributed by atoms with van der Waals surface area (Å²) in [5.74, 6) is 0. The van der Waals surface area contributed by atoms with Crippen LogP contribution in [0.5, 0.6) is 0 Å². The van der Waals surface area contributed by atoms with E-state index in [4.69, 9.17) is 47.4 Å². The van der Waals surface area contributed by atoms with E-state index in [0.717, 1.165) is 64.2 Å². The van der Waals surface area contributed by atoms with E-state index < -0.39 is 224 Å². The van der Waals surface area contributed by atoms with E-state index >= 15 is 0 Å². The van der Waals surface area contributed by atoms with Crippen LogP contribution >= 0.6 is 0 Å². The van der Waals surface area contributed by atoms with Crippen LogP contribution in [-0.4, -0.2) is 332 Å². The minimum Gasteiger partial charge on any atom is -0.447 e. The van der Waals surface area contributed by atoms with Crippen LogP contribution in [0.25, 0.3) is 0 Å². The van der Waals surface area contributed by atoms with Gasteiger partial charge in [0, 0.05) is 26.2 Å². The molecule has 36 heteroatoms. The zero-order valence-electron chi connectivity index (χ0n) is 66.4. The minimum absolute atomic E-state index is 0.0178. The Morgan fingerprint density at radius 1 is 0.268 bits per heavy atom. The highest BCUT2D eigenvalue weighted by Crippen LogP contribution is 2.30. The number of ether oxygens (including phenoxy) is 10. The van der Waals surface area contributed by atoms with Crippen LogP contribution in [-0.2, 0) is 47.4 Å². The molecule has 4 aliphatic rings. The fourth-order valence-corrected chi connectivity index (χ4v) is 13.7. The Kier molecular flexibility index (Phi) is 52.1. The van der Waals surface area contributed by atoms with Crippen molar-refractivity contribution in [3.63, 3.8) is 0 Å². The van der Waals surface area contributed by atoms with E-state index in [1.54, 1.807) is 0 Å². The predicted molar refractivity (Wildman–Crippen MR) is 404 cm³/mol. The maximum atomic E-state index is 14.1. The number of urea groups is 2. The van der Waals surface area contributed by atoms with E-state index in [1.165, 1.54) is 116 Å². The maximum Gasteiger partial charge on any atom is 0.407 e. The normalized spacial score (nSPS) is 28.3. The number of carbonyl (C=O) groups is 4. The van der Waals surface area contributed by atoms with Crippen LogP contribution in [0, 0.1) is 0 Å². The third-order valence-electron chi connectivity index (χ3n) is 21.0. The summed E-state index contributed by atoms with van der Waals surface area (Å²) < 4.78 is 57.3. The molecular formula is C76H144N6O30. The number of alkyl carbamates (subject to hydrolysis) is 2. The van der Waals surface area contributed by atoms with Gasteiger partial charge in [0.25, 0.3) is 0 Å². The smallest absolute Gasteiger partial charge is 0.407 e. The van der Waals surface area contributed by atoms with Gasteiger partial charge in [-0.2, -0.15) is 0 Å². The van der Waals surface area contributed by atoms with Crippen LogP contribution in [0.4, 0.5) is 19.2 Å². The average molecular weight is 1620 g/mol. The molecule has 0 saturated carbocycles. The fraction of sp³-hybridized carbons (Fsp3) is 0.947. The molecule has 0 bridgehead atoms. The lowest BCUT2D eigenvalue weighted by Gasteiger charge is -2.43. The average Bonchev–Trinajstić information content (AvgIpc) is 0.776. The molecule has 4 rings (SSSR count). The van der Waals surface area contributed by atoms with Gasteiger partial charge in [0.1, 0.15) is 122 Å². The van der Waals surface area contributed by atoms with Crippen molar-refractivity contribution < 1.29 is 148 Å². The van der Waals surface area contributed by atoms with Crippen molar-refractivity contribution in [3.8, 4) is 0 Å². The molecule has 658 valence electrons. The molecule has 4 saturated heterocycles. The number of carbonyl (C=O) groups excluding carboxylic acids is 4. The molecule has 0 aromatic heterocycles. The number of aliphatic hydroxyl groups excluding tert-OH is 16. The van der Waals surface area contributed by atoms with Gasteiger partial charge in [0.05, 0.1) is 52.9 Å². The van der Waals surface area contributed by atoms with E-state index in [0.29, 0.717) is 38.5 Å². The molecular weight excluding hydrogens is 1480 g/mol. The Morgan fingerprint density at radius 3 is 0.670 bits per heavy atom. The Balaban J connectivity index is 1.42. The van der Waals surface area contributed by atoms with Crippen molar-refractivity contribution in [3.05, 3.63) is 0 Å². The molecule has 0 aliphatic carbocycles. The topological polar surface area (TPSA) is 556 Å². The van der Waals surface area contributed by atoms with Gasteiger partial charge in [-0.25, -0.2) is 19.2 Å². The van der Waals surface area contributed by atoms with Gasteiger partial charge >= 0.3 is 24.2 Å². The van der Waals surface area contributed by atoms with E-state index in [9.17, 15) is 101 Å². The molecule has 4 aliphatic heterocycles. The van der Waals surface area contributed by atoms with Crippen molar-refractivity contribution in [2.45, 2.75) is 366 Å². The zero-order chi connectivity index (χ0) is 82.1. The largest absolute Gasteiger partial charge is 0.447 e. The Labute approximate surface area is 660 Å². The number of unbranched alkanes of at least 4 members (excludes halogenated alkanes) is 31. The maximum absolute atomic E-state index is 14.1. The van der Waals surface area contributed by atoms with E-state index in [2.05, 4.69) is 45.7 Å². The minimum atomic E-state index is -2.06. The third-order valence-corrected chi connectivity index (χ3v) is 21.0. The van der Waals surface area contributed by atoms with Crippen molar-refractivity contribution in [1.29, 1.82) is 0 Å². The van der Waals surface area contributed by atoms with Gasteiger partial charge in [-0.15, -0.1) is 0 Å². The van der Waals surface area contributed by atoms with E-state index in [-0.39, 0.29) is 26.2 Å². The van der Waals surface area contributed by atoms with Crippen molar-refractivity contribution in [2.24, 2.45) is 0 Å². The molecule has 0 unspecified atom stereocenters. The second kappa shape index (κ2) is 58.1. The summed E-state index contributed by atoms with van der Waals surface area (Å²) in [5, 5.41) is 184. The van der Waals surface area contributed by atoms with Gasteiger partial charge in [0.15, 0.2) is 25.2 Å². The van der Waals surface area contributed by atoms with Crippen LogP contribution in [0.2, 0.25) is 0 Å². The number of rotatable bonds is 61. The van der Waals surface area contributed by atoms with E-state index in [1.807, 2.05) is 0 Å². The first kappa shape index (κ1) is 100. The van der Waals surface area contributed by atoms with Gasteiger partial charge in [-0.3, -0.25) is 0 Å². The molecule has 0 aromatic carbocycles. The molecule has 0 radical (unpaired) electrons. The second-order valence-electron chi connectivity index (χ2n) is 30.7. The molecule has 0 spiro atoms. The second-order valence-corrected chi connectivity index (χ2v) is 30.7. The number of amides is 6. The van der Waals surface area contributed by atoms with Crippen LogP contribution in [0.15, 0.2) is 0 Å². The summed E-state index contributed by atoms with van der Waals surface area (Å²) in [6, 6.07) is -1.85. The van der Waals surface area contributed by atoms with Crippen LogP contribution in [0.1, 0.15) is 232 Å². The number of aliphatic hydroxyl groups is 16. The molecule has 20 atom stereocenters. The van der Waals surface area contributed by atoms with Crippen molar-refractivity contribution in [1.82, 2.24) is 31.9 Å². The summed E-state index contributed by atoms with van der Waals surface area (Å²) in [6.45, 7) is -3.21. The summed E-state index contributed by atoms with van der Waals surface area (Å²) >= 11 is 0. The first-order valence-electron chi connectivity index (χ1n) is 41.6. The summed E-state index contributed by atoms with van der Waals surface area (Å²) in [6.07, 6.45) is -1.52. The zero-order valence-corrected chi connectivity index (χ0v) is 66.4. The molecule has 6 amide bonds. The van der Waals surface area contributed by atoms with Crippen molar-refractivity contribution >= 4 is 24.2 Å². The highest BCUT2D eigenvalue weighted by atomic mass is 16.7. The molecule has 36 nitrogen and oxygen atoms in total. The standard InChI is InChI=1S/C76H144N6O30/c1-3-5-7-9-11-13-15-17-19-21-23-25-27-29-35-39-79-73(101)107-49-75(45-103-67-63(95)59(91)55(87)51(41-83)109-67,46-104-68-64(96)60(92)56(88)52(42-84)110-68)81-71(99)77-37-33-31-32-34-38-78-72(100)82-76(47-105-69-65(97)61(93)57(89)53(43-85)111-69,48-106-70-66(98)62(94)58(90)54(44-86)112-70)50-108-74(102)80-40-36-30-28-26-24-22-20-18-16-14-12-10-8-6-4-2/h51-70,83-98H,3-50H2,1-2H3,(H,79,101)(H,80,102)(H2,77,81,99)(H2,78,82,100)/t51-,52-,53-,54-,55+,56+,57+,58+,59+,60+,61+,62+,63-,64-,65-,66-,67-,68-,69-,70-/m1/s1. The summed E-state index contributed by atoms with van der Waals surface area (Å²) in [4.78, 5) is 55.0. The quantitative estimate of drug-likeness (QED) is 0.0379. The predicted octanol–water partition coefficient (Wildman–Crippen LogP) is 1.08. The van der Waals surface area contributed by atoms with Gasteiger partial charge in [-0.05, 0) is 25.7 Å². The lowest BCUT2D eigenvalue weighted by Crippen LogP contribution is -2.65. The van der Waals surface area contributed by atoms with Gasteiger partial charge < -0.3 is 161 Å². The molecule has 22 N–H and O–H groups in total. The van der Waals surface area contributed by atoms with Gasteiger partial charge in [-0.1, -0.05) is 206 Å². The molecule has 4 heterocycles. The lowest BCUT2D eigenvalue weighted by molar-refractivity contribution is -0.314. The number of hydrogen-bond acceptors (Lipinski definition) is 30. The fourth-order valence-electron chi connectivity index (χ4n) is 13.7. The van der Waals surface area contributed by atoms with Crippen LogP contribution in [0.3, 0.4) is 0 Å². The summed E-state index contributed by atoms with van der Waals surface area (Å²) in [7, 11) is 0. The lowest BCUT2D eigenvalue weighted by atomic mass is 9.98. The number of hydrogen-bond donors (Lipinski definition) is 22. The first-order chi connectivity index (χ1) is 53.9. The van der Waals surface area contributed by atoms with Crippen molar-refractivity contribution in [2.75, 3.05) is 92.2 Å². The van der Waals surface area contributed by atoms with Crippen LogP contribution < -0.4 is 31.9 Å².